The zero-order valence-electron chi connectivity index (χ0n) is 16.9. The van der Waals surface area contributed by atoms with Crippen molar-refractivity contribution in [2.45, 2.75) is 19.9 Å². The first kappa shape index (κ1) is 19.6. The van der Waals surface area contributed by atoms with Crippen LogP contribution in [0.25, 0.3) is 10.9 Å². The molecule has 0 aliphatic carbocycles. The van der Waals surface area contributed by atoms with Crippen molar-refractivity contribution in [2.24, 2.45) is 0 Å². The number of carbonyl (C=O) groups excluding carboxylic acids is 2. The van der Waals surface area contributed by atoms with E-state index in [0.29, 0.717) is 16.8 Å². The van der Waals surface area contributed by atoms with E-state index in [4.69, 9.17) is 0 Å². The normalized spacial score (nSPS) is 16.3. The van der Waals surface area contributed by atoms with Crippen molar-refractivity contribution >= 4 is 28.5 Å². The number of fused-ring (bicyclic) bond motifs is 1. The summed E-state index contributed by atoms with van der Waals surface area (Å²) in [6.07, 6.45) is 1.50. The average molecular weight is 404 g/mol. The summed E-state index contributed by atoms with van der Waals surface area (Å²) in [7, 11) is 1.57. The molecule has 2 aromatic carbocycles. The quantitative estimate of drug-likeness (QED) is 0.687. The van der Waals surface area contributed by atoms with Gasteiger partial charge in [0, 0.05) is 30.0 Å². The minimum atomic E-state index is -0.681. The Hall–Kier alpha value is -3.74. The van der Waals surface area contributed by atoms with Gasteiger partial charge in [0.25, 0.3) is 5.91 Å². The van der Waals surface area contributed by atoms with E-state index in [2.05, 4.69) is 15.6 Å². The van der Waals surface area contributed by atoms with Crippen LogP contribution in [0.2, 0.25) is 0 Å². The summed E-state index contributed by atoms with van der Waals surface area (Å²) in [5.74, 6) is -0.734. The van der Waals surface area contributed by atoms with Gasteiger partial charge in [-0.1, -0.05) is 18.2 Å². The maximum Gasteiger partial charge on any atom is 0.321 e. The van der Waals surface area contributed by atoms with Crippen LogP contribution in [0.1, 0.15) is 22.9 Å². The minimum Gasteiger partial charge on any atom is -0.327 e. The van der Waals surface area contributed by atoms with Crippen molar-refractivity contribution in [1.82, 2.24) is 15.2 Å². The van der Waals surface area contributed by atoms with Gasteiger partial charge < -0.3 is 15.5 Å². The molecule has 1 aliphatic heterocycles. The van der Waals surface area contributed by atoms with E-state index in [1.807, 2.05) is 38.1 Å². The van der Waals surface area contributed by atoms with Gasteiger partial charge in [0.2, 0.25) is 0 Å². The van der Waals surface area contributed by atoms with Crippen LogP contribution in [0.3, 0.4) is 0 Å². The summed E-state index contributed by atoms with van der Waals surface area (Å²) < 4.78 is 13.3. The molecule has 0 bridgehead atoms. The molecule has 0 unspecified atom stereocenters. The fourth-order valence-corrected chi connectivity index (χ4v) is 3.54. The third-order valence-electron chi connectivity index (χ3n) is 5.23. The number of urea groups is 1. The van der Waals surface area contributed by atoms with Crippen LogP contribution < -0.4 is 10.6 Å². The smallest absolute Gasteiger partial charge is 0.321 e. The molecule has 0 spiro atoms. The number of benzene rings is 2. The zero-order valence-corrected chi connectivity index (χ0v) is 16.9. The van der Waals surface area contributed by atoms with E-state index >= 15 is 0 Å². The SMILES string of the molecule is Cc1ccc2c(C)c(NC(=O)C3=CN(C)C(=O)N[C@H]3c3ccc(F)cc3)ccc2n1. The number of nitrogens with zero attached hydrogens (tertiary/aromatic N) is 2. The summed E-state index contributed by atoms with van der Waals surface area (Å²) >= 11 is 0. The first-order valence-corrected chi connectivity index (χ1v) is 9.52. The molecule has 7 heteroatoms. The monoisotopic (exact) mass is 404 g/mol. The molecular weight excluding hydrogens is 383 g/mol. The molecule has 1 aromatic heterocycles. The Morgan fingerprint density at radius 1 is 1.10 bits per heavy atom. The molecular formula is C23H21FN4O2. The first-order valence-electron chi connectivity index (χ1n) is 9.52. The van der Waals surface area contributed by atoms with Crippen LogP contribution in [0.5, 0.6) is 0 Å². The van der Waals surface area contributed by atoms with Gasteiger partial charge in [0.15, 0.2) is 0 Å². The molecule has 152 valence electrons. The van der Waals surface area contributed by atoms with Crippen molar-refractivity contribution in [3.63, 3.8) is 0 Å². The number of carbonyl (C=O) groups is 2. The number of nitrogens with one attached hydrogen (secondary N) is 2. The highest BCUT2D eigenvalue weighted by Crippen LogP contribution is 2.29. The van der Waals surface area contributed by atoms with Crippen molar-refractivity contribution < 1.29 is 14.0 Å². The number of aryl methyl sites for hydroxylation is 2. The van der Waals surface area contributed by atoms with Crippen LogP contribution in [0.4, 0.5) is 14.9 Å². The molecule has 6 nitrogen and oxygen atoms in total. The van der Waals surface area contributed by atoms with E-state index in [-0.39, 0.29) is 17.8 Å². The van der Waals surface area contributed by atoms with Crippen LogP contribution in [-0.2, 0) is 4.79 Å². The highest BCUT2D eigenvalue weighted by molar-refractivity contribution is 6.07. The Labute approximate surface area is 173 Å². The lowest BCUT2D eigenvalue weighted by Gasteiger charge is -2.30. The third kappa shape index (κ3) is 3.61. The molecule has 30 heavy (non-hydrogen) atoms. The largest absolute Gasteiger partial charge is 0.327 e. The number of hydrogen-bond acceptors (Lipinski definition) is 3. The maximum atomic E-state index is 13.3. The van der Waals surface area contributed by atoms with Gasteiger partial charge in [-0.25, -0.2) is 9.18 Å². The molecule has 1 atom stereocenters. The minimum absolute atomic E-state index is 0.343. The van der Waals surface area contributed by atoms with Crippen LogP contribution in [-0.4, -0.2) is 28.9 Å². The number of halogens is 1. The van der Waals surface area contributed by atoms with Gasteiger partial charge >= 0.3 is 6.03 Å². The highest BCUT2D eigenvalue weighted by Gasteiger charge is 2.30. The molecule has 2 N–H and O–H groups in total. The lowest BCUT2D eigenvalue weighted by molar-refractivity contribution is -0.113. The summed E-state index contributed by atoms with van der Waals surface area (Å²) in [4.78, 5) is 31.2. The second-order valence-electron chi connectivity index (χ2n) is 7.34. The standard InChI is InChI=1S/C23H21FN4O2/c1-13-4-9-17-14(2)19(10-11-20(17)25-13)26-22(29)18-12-28(3)23(30)27-21(18)15-5-7-16(24)8-6-15/h4-12,21H,1-3H3,(H,26,29)(H,27,30)/t21-/m0/s1. The number of pyridine rings is 1. The second-order valence-corrected chi connectivity index (χ2v) is 7.34. The van der Waals surface area contributed by atoms with Crippen LogP contribution >= 0.6 is 0 Å². The number of amides is 3. The Kier molecular flexibility index (Phi) is 4.95. The first-order chi connectivity index (χ1) is 14.3. The van der Waals surface area contributed by atoms with Crippen molar-refractivity contribution in [1.29, 1.82) is 0 Å². The van der Waals surface area contributed by atoms with E-state index < -0.39 is 6.04 Å². The van der Waals surface area contributed by atoms with Crippen molar-refractivity contribution in [2.75, 3.05) is 12.4 Å². The van der Waals surface area contributed by atoms with Crippen LogP contribution in [0, 0.1) is 19.7 Å². The molecule has 2 heterocycles. The van der Waals surface area contributed by atoms with Crippen LogP contribution in [0.15, 0.2) is 60.3 Å². The lowest BCUT2D eigenvalue weighted by Crippen LogP contribution is -2.44. The molecule has 0 saturated heterocycles. The highest BCUT2D eigenvalue weighted by atomic mass is 19.1. The lowest BCUT2D eigenvalue weighted by atomic mass is 9.97. The van der Waals surface area contributed by atoms with E-state index in [1.54, 1.807) is 19.2 Å². The Balaban J connectivity index is 1.68. The maximum absolute atomic E-state index is 13.3. The fraction of sp³-hybridized carbons (Fsp3) is 0.174. The number of aromatic nitrogens is 1. The van der Waals surface area contributed by atoms with Gasteiger partial charge in [0.1, 0.15) is 5.82 Å². The fourth-order valence-electron chi connectivity index (χ4n) is 3.54. The van der Waals surface area contributed by atoms with E-state index in [1.165, 1.54) is 23.2 Å². The van der Waals surface area contributed by atoms with Crippen molar-refractivity contribution in [3.05, 3.63) is 82.9 Å². The van der Waals surface area contributed by atoms with E-state index in [9.17, 15) is 14.0 Å². The Morgan fingerprint density at radius 2 is 1.83 bits per heavy atom. The Morgan fingerprint density at radius 3 is 2.57 bits per heavy atom. The summed E-state index contributed by atoms with van der Waals surface area (Å²) in [6.45, 7) is 3.86. The summed E-state index contributed by atoms with van der Waals surface area (Å²) in [5.41, 5.74) is 4.32. The molecule has 1 aliphatic rings. The molecule has 0 fully saturated rings. The predicted molar refractivity (Wildman–Crippen MR) is 113 cm³/mol. The molecule has 0 radical (unpaired) electrons. The molecule has 3 amide bonds. The predicted octanol–water partition coefficient (Wildman–Crippen LogP) is 4.21. The molecule has 3 aromatic rings. The van der Waals surface area contributed by atoms with Gasteiger partial charge in [0.05, 0.1) is 17.1 Å². The summed E-state index contributed by atoms with van der Waals surface area (Å²) in [6, 6.07) is 12.3. The number of hydrogen-bond donors (Lipinski definition) is 2. The van der Waals surface area contributed by atoms with Gasteiger partial charge in [-0.05, 0) is 55.3 Å². The molecule has 4 rings (SSSR count). The second kappa shape index (κ2) is 7.59. The third-order valence-corrected chi connectivity index (χ3v) is 5.23. The molecule has 0 saturated carbocycles. The topological polar surface area (TPSA) is 74.3 Å². The summed E-state index contributed by atoms with van der Waals surface area (Å²) in [5, 5.41) is 6.70. The Bertz CT molecular complexity index is 1190. The number of anilines is 1. The van der Waals surface area contributed by atoms with E-state index in [0.717, 1.165) is 22.2 Å². The van der Waals surface area contributed by atoms with Gasteiger partial charge in [-0.2, -0.15) is 0 Å². The zero-order chi connectivity index (χ0) is 21.4. The van der Waals surface area contributed by atoms with Crippen molar-refractivity contribution in [3.8, 4) is 0 Å². The van der Waals surface area contributed by atoms with Gasteiger partial charge in [-0.15, -0.1) is 0 Å². The number of rotatable bonds is 3. The van der Waals surface area contributed by atoms with Gasteiger partial charge in [-0.3, -0.25) is 9.78 Å². The average Bonchev–Trinajstić information content (AvgIpc) is 2.72.